The predicted molar refractivity (Wildman–Crippen MR) is 119 cm³/mol. The normalized spacial score (nSPS) is 17.5. The fourth-order valence-electron chi connectivity index (χ4n) is 4.04. The van der Waals surface area contributed by atoms with E-state index in [1.165, 1.54) is 19.4 Å². The molecule has 1 aromatic heterocycles. The average Bonchev–Trinajstić information content (AvgIpc) is 3.52. The molecule has 1 aromatic carbocycles. The molecule has 2 N–H and O–H groups in total. The minimum atomic E-state index is -0.224. The quantitative estimate of drug-likeness (QED) is 0.718. The minimum absolute atomic E-state index is 0.224. The molecule has 0 bridgehead atoms. The molecule has 0 atom stereocenters. The summed E-state index contributed by atoms with van der Waals surface area (Å²) in [7, 11) is 0. The van der Waals surface area contributed by atoms with Crippen LogP contribution >= 0.6 is 0 Å². The number of nitrogens with zero attached hydrogens (tertiary/aromatic N) is 2. The lowest BCUT2D eigenvalue weighted by Crippen LogP contribution is -2.39. The van der Waals surface area contributed by atoms with Crippen LogP contribution in [0.4, 0.5) is 10.5 Å². The zero-order valence-electron chi connectivity index (χ0n) is 18.0. The third kappa shape index (κ3) is 6.20. The van der Waals surface area contributed by atoms with Crippen LogP contribution in [0.2, 0.25) is 0 Å². The van der Waals surface area contributed by atoms with Gasteiger partial charge in [-0.25, -0.2) is 9.78 Å². The summed E-state index contributed by atoms with van der Waals surface area (Å²) in [6, 6.07) is 9.62. The molecule has 2 amide bonds. The van der Waals surface area contributed by atoms with Crippen molar-refractivity contribution in [2.75, 3.05) is 25.0 Å². The summed E-state index contributed by atoms with van der Waals surface area (Å²) in [6.45, 7) is 7.97. The van der Waals surface area contributed by atoms with Gasteiger partial charge in [0, 0.05) is 44.1 Å². The smallest absolute Gasteiger partial charge is 0.319 e. The molecule has 1 aliphatic heterocycles. The Morgan fingerprint density at radius 1 is 1.10 bits per heavy atom. The van der Waals surface area contributed by atoms with Crippen molar-refractivity contribution in [1.29, 1.82) is 0 Å². The summed E-state index contributed by atoms with van der Waals surface area (Å²) in [4.78, 5) is 19.2. The first-order valence-corrected chi connectivity index (χ1v) is 11.0. The molecule has 0 radical (unpaired) electrons. The Labute approximate surface area is 179 Å². The van der Waals surface area contributed by atoms with Gasteiger partial charge in [0.2, 0.25) is 5.88 Å². The van der Waals surface area contributed by atoms with Gasteiger partial charge in [-0.2, -0.15) is 0 Å². The first-order chi connectivity index (χ1) is 14.5. The first-order valence-electron chi connectivity index (χ1n) is 11.0. The third-order valence-electron chi connectivity index (χ3n) is 5.77. The Morgan fingerprint density at radius 3 is 2.47 bits per heavy atom. The van der Waals surface area contributed by atoms with Crippen molar-refractivity contribution in [1.82, 2.24) is 15.2 Å². The van der Waals surface area contributed by atoms with Gasteiger partial charge >= 0.3 is 6.03 Å². The van der Waals surface area contributed by atoms with Crippen molar-refractivity contribution in [2.24, 2.45) is 5.92 Å². The summed E-state index contributed by atoms with van der Waals surface area (Å²) in [5.74, 6) is 1.62. The highest BCUT2D eigenvalue weighted by Crippen LogP contribution is 2.30. The standard InChI is InChI=1S/C24H32N4O2/c1-17-11-18(2)13-21(12-17)27-24(29)26-15-20-5-6-23(25-14-20)30-22-7-9-28(10-8-22)16-19-3-4-19/h5-6,11-14,19,22H,3-4,7-10,15-16H2,1-2H3,(H2,26,27,29). The van der Waals surface area contributed by atoms with E-state index in [1.807, 2.05) is 38.1 Å². The van der Waals surface area contributed by atoms with Gasteiger partial charge in [0.15, 0.2) is 0 Å². The molecule has 1 aliphatic carbocycles. The van der Waals surface area contributed by atoms with E-state index in [0.717, 1.165) is 54.2 Å². The zero-order valence-corrected chi connectivity index (χ0v) is 18.0. The molecule has 0 unspecified atom stereocenters. The van der Waals surface area contributed by atoms with Crippen LogP contribution in [-0.2, 0) is 6.54 Å². The van der Waals surface area contributed by atoms with Crippen molar-refractivity contribution in [3.05, 3.63) is 53.2 Å². The molecule has 0 spiro atoms. The largest absolute Gasteiger partial charge is 0.474 e. The van der Waals surface area contributed by atoms with Crippen molar-refractivity contribution in [2.45, 2.75) is 52.2 Å². The lowest BCUT2D eigenvalue weighted by atomic mass is 10.1. The monoisotopic (exact) mass is 408 g/mol. The second-order valence-electron chi connectivity index (χ2n) is 8.75. The number of urea groups is 1. The van der Waals surface area contributed by atoms with E-state index in [4.69, 9.17) is 4.74 Å². The fraction of sp³-hybridized carbons (Fsp3) is 0.500. The number of likely N-dealkylation sites (tertiary alicyclic amines) is 1. The van der Waals surface area contributed by atoms with Crippen LogP contribution in [0.25, 0.3) is 0 Å². The fourth-order valence-corrected chi connectivity index (χ4v) is 4.04. The number of benzene rings is 1. The SMILES string of the molecule is Cc1cc(C)cc(NC(=O)NCc2ccc(OC3CCN(CC4CC4)CC3)nc2)c1. The Hall–Kier alpha value is -2.60. The van der Waals surface area contributed by atoms with E-state index in [0.29, 0.717) is 12.4 Å². The van der Waals surface area contributed by atoms with Gasteiger partial charge in [0.05, 0.1) is 0 Å². The van der Waals surface area contributed by atoms with Gasteiger partial charge in [0.25, 0.3) is 0 Å². The molecule has 6 heteroatoms. The number of hydrogen-bond donors (Lipinski definition) is 2. The summed E-state index contributed by atoms with van der Waals surface area (Å²) < 4.78 is 6.07. The second-order valence-corrected chi connectivity index (χ2v) is 8.75. The van der Waals surface area contributed by atoms with E-state index in [-0.39, 0.29) is 12.1 Å². The molecular formula is C24H32N4O2. The molecule has 30 heavy (non-hydrogen) atoms. The Balaban J connectivity index is 1.19. The van der Waals surface area contributed by atoms with Crippen LogP contribution < -0.4 is 15.4 Å². The molecule has 160 valence electrons. The number of rotatable bonds is 7. The van der Waals surface area contributed by atoms with Crippen LogP contribution in [0, 0.1) is 19.8 Å². The summed E-state index contributed by atoms with van der Waals surface area (Å²) in [5.41, 5.74) is 3.99. The second kappa shape index (κ2) is 9.47. The van der Waals surface area contributed by atoms with Crippen LogP contribution in [0.15, 0.2) is 36.5 Å². The van der Waals surface area contributed by atoms with Gasteiger partial charge in [-0.3, -0.25) is 0 Å². The van der Waals surface area contributed by atoms with Crippen LogP contribution in [0.1, 0.15) is 42.4 Å². The van der Waals surface area contributed by atoms with Crippen molar-refractivity contribution < 1.29 is 9.53 Å². The number of aryl methyl sites for hydroxylation is 2. The molecule has 2 fully saturated rings. The number of anilines is 1. The van der Waals surface area contributed by atoms with E-state index in [2.05, 4.69) is 26.6 Å². The summed E-state index contributed by atoms with van der Waals surface area (Å²) in [6.07, 6.45) is 6.98. The molecule has 1 saturated carbocycles. The zero-order chi connectivity index (χ0) is 20.9. The maximum atomic E-state index is 12.2. The average molecular weight is 409 g/mol. The van der Waals surface area contributed by atoms with E-state index >= 15 is 0 Å². The van der Waals surface area contributed by atoms with Gasteiger partial charge in [-0.1, -0.05) is 12.1 Å². The van der Waals surface area contributed by atoms with Gasteiger partial charge in [0.1, 0.15) is 6.10 Å². The van der Waals surface area contributed by atoms with Crippen molar-refractivity contribution in [3.63, 3.8) is 0 Å². The van der Waals surface area contributed by atoms with E-state index < -0.39 is 0 Å². The molecule has 2 aliphatic rings. The first kappa shape index (κ1) is 20.7. The van der Waals surface area contributed by atoms with Gasteiger partial charge in [-0.05, 0) is 74.3 Å². The van der Waals surface area contributed by atoms with E-state index in [9.17, 15) is 4.79 Å². The van der Waals surface area contributed by atoms with E-state index in [1.54, 1.807) is 6.20 Å². The number of pyridine rings is 1. The number of aromatic nitrogens is 1. The lowest BCUT2D eigenvalue weighted by molar-refractivity contribution is 0.0944. The number of nitrogens with one attached hydrogen (secondary N) is 2. The number of piperidine rings is 1. The maximum absolute atomic E-state index is 12.2. The van der Waals surface area contributed by atoms with Crippen LogP contribution in [0.3, 0.4) is 0 Å². The molecule has 2 aromatic rings. The highest BCUT2D eigenvalue weighted by Gasteiger charge is 2.27. The number of ether oxygens (including phenoxy) is 1. The predicted octanol–water partition coefficient (Wildman–Crippen LogP) is 4.27. The molecule has 6 nitrogen and oxygen atoms in total. The highest BCUT2D eigenvalue weighted by atomic mass is 16.5. The number of carbonyl (C=O) groups is 1. The topological polar surface area (TPSA) is 66.5 Å². The maximum Gasteiger partial charge on any atom is 0.319 e. The minimum Gasteiger partial charge on any atom is -0.474 e. The molecule has 2 heterocycles. The Bertz CT molecular complexity index is 836. The number of carbonyl (C=O) groups excluding carboxylic acids is 1. The number of amides is 2. The highest BCUT2D eigenvalue weighted by molar-refractivity contribution is 5.89. The Kier molecular flexibility index (Phi) is 6.53. The van der Waals surface area contributed by atoms with Gasteiger partial charge < -0.3 is 20.3 Å². The lowest BCUT2D eigenvalue weighted by Gasteiger charge is -2.31. The van der Waals surface area contributed by atoms with Crippen molar-refractivity contribution >= 4 is 11.7 Å². The number of hydrogen-bond acceptors (Lipinski definition) is 4. The molecule has 4 rings (SSSR count). The van der Waals surface area contributed by atoms with Crippen molar-refractivity contribution in [3.8, 4) is 5.88 Å². The van der Waals surface area contributed by atoms with Gasteiger partial charge in [-0.15, -0.1) is 0 Å². The Morgan fingerprint density at radius 2 is 1.83 bits per heavy atom. The third-order valence-corrected chi connectivity index (χ3v) is 5.77. The molecular weight excluding hydrogens is 376 g/mol. The van der Waals surface area contributed by atoms with Crippen LogP contribution in [0.5, 0.6) is 5.88 Å². The summed E-state index contributed by atoms with van der Waals surface area (Å²) in [5, 5.41) is 5.76. The molecule has 1 saturated heterocycles. The van der Waals surface area contributed by atoms with Crippen LogP contribution in [-0.4, -0.2) is 41.7 Å². The summed E-state index contributed by atoms with van der Waals surface area (Å²) >= 11 is 0.